The van der Waals surface area contributed by atoms with Crippen LogP contribution >= 0.6 is 0 Å². The van der Waals surface area contributed by atoms with E-state index in [-0.39, 0.29) is 17.9 Å². The minimum atomic E-state index is 0.0374. The van der Waals surface area contributed by atoms with Crippen molar-refractivity contribution in [2.24, 2.45) is 5.92 Å². The molecule has 2 heterocycles. The van der Waals surface area contributed by atoms with Crippen LogP contribution in [-0.4, -0.2) is 36.6 Å². The molecule has 4 nitrogen and oxygen atoms in total. The van der Waals surface area contributed by atoms with E-state index in [1.54, 1.807) is 0 Å². The molecule has 0 aliphatic carbocycles. The maximum atomic E-state index is 12.0. The lowest BCUT2D eigenvalue weighted by Gasteiger charge is -2.29. The van der Waals surface area contributed by atoms with Gasteiger partial charge in [-0.15, -0.1) is 0 Å². The molecule has 2 atom stereocenters. The predicted octanol–water partition coefficient (Wildman–Crippen LogP) is 1.71. The molecule has 0 N–H and O–H groups in total. The zero-order chi connectivity index (χ0) is 12.1. The Balaban J connectivity index is 1.73. The van der Waals surface area contributed by atoms with E-state index in [2.05, 4.69) is 6.07 Å². The third-order valence-corrected chi connectivity index (χ3v) is 3.66. The first-order chi connectivity index (χ1) is 8.29. The summed E-state index contributed by atoms with van der Waals surface area (Å²) in [6.45, 7) is 2.29. The SMILES string of the molecule is N#CC1CCCN(C(=O)CCC2CCCO2)C1. The highest BCUT2D eigenvalue weighted by molar-refractivity contribution is 5.76. The molecule has 0 radical (unpaired) electrons. The Morgan fingerprint density at radius 1 is 1.41 bits per heavy atom. The molecule has 17 heavy (non-hydrogen) atoms. The Kier molecular flexibility index (Phi) is 4.38. The molecule has 2 unspecified atom stereocenters. The van der Waals surface area contributed by atoms with Gasteiger partial charge in [0, 0.05) is 26.1 Å². The number of nitriles is 1. The van der Waals surface area contributed by atoms with Crippen LogP contribution < -0.4 is 0 Å². The van der Waals surface area contributed by atoms with Gasteiger partial charge in [-0.05, 0) is 32.1 Å². The van der Waals surface area contributed by atoms with E-state index in [4.69, 9.17) is 10.00 Å². The average Bonchev–Trinajstić information content (AvgIpc) is 2.89. The molecule has 2 saturated heterocycles. The van der Waals surface area contributed by atoms with Gasteiger partial charge in [0.1, 0.15) is 0 Å². The van der Waals surface area contributed by atoms with Crippen LogP contribution in [0.15, 0.2) is 0 Å². The molecule has 2 rings (SSSR count). The van der Waals surface area contributed by atoms with Crippen molar-refractivity contribution in [3.05, 3.63) is 0 Å². The summed E-state index contributed by atoms with van der Waals surface area (Å²) in [6, 6.07) is 2.27. The number of hydrogen-bond donors (Lipinski definition) is 0. The van der Waals surface area contributed by atoms with E-state index in [0.717, 1.165) is 45.3 Å². The Morgan fingerprint density at radius 3 is 3.00 bits per heavy atom. The van der Waals surface area contributed by atoms with Crippen LogP contribution in [0.5, 0.6) is 0 Å². The van der Waals surface area contributed by atoms with Crippen LogP contribution in [0, 0.1) is 17.2 Å². The van der Waals surface area contributed by atoms with Gasteiger partial charge in [-0.3, -0.25) is 4.79 Å². The first-order valence-corrected chi connectivity index (χ1v) is 6.58. The lowest BCUT2D eigenvalue weighted by Crippen LogP contribution is -2.39. The number of carbonyl (C=O) groups is 1. The van der Waals surface area contributed by atoms with E-state index in [9.17, 15) is 4.79 Å². The van der Waals surface area contributed by atoms with Gasteiger partial charge in [0.05, 0.1) is 18.1 Å². The number of likely N-dealkylation sites (tertiary alicyclic amines) is 1. The highest BCUT2D eigenvalue weighted by Crippen LogP contribution is 2.20. The fourth-order valence-electron chi connectivity index (χ4n) is 2.62. The van der Waals surface area contributed by atoms with Crippen LogP contribution in [0.25, 0.3) is 0 Å². The van der Waals surface area contributed by atoms with Crippen molar-refractivity contribution in [3.8, 4) is 6.07 Å². The minimum absolute atomic E-state index is 0.0374. The number of hydrogen-bond acceptors (Lipinski definition) is 3. The molecule has 4 heteroatoms. The Labute approximate surface area is 103 Å². The molecule has 1 amide bonds. The molecular weight excluding hydrogens is 216 g/mol. The molecule has 0 aromatic carbocycles. The van der Waals surface area contributed by atoms with E-state index in [0.29, 0.717) is 13.0 Å². The summed E-state index contributed by atoms with van der Waals surface area (Å²) in [5, 5.41) is 8.89. The zero-order valence-corrected chi connectivity index (χ0v) is 10.2. The monoisotopic (exact) mass is 236 g/mol. The first kappa shape index (κ1) is 12.4. The largest absolute Gasteiger partial charge is 0.378 e. The van der Waals surface area contributed by atoms with Crippen molar-refractivity contribution < 1.29 is 9.53 Å². The molecule has 0 aromatic rings. The van der Waals surface area contributed by atoms with E-state index in [1.165, 1.54) is 0 Å². The third-order valence-electron chi connectivity index (χ3n) is 3.66. The van der Waals surface area contributed by atoms with Gasteiger partial charge in [-0.1, -0.05) is 0 Å². The molecule has 0 saturated carbocycles. The minimum Gasteiger partial charge on any atom is -0.378 e. The van der Waals surface area contributed by atoms with Crippen molar-refractivity contribution in [2.75, 3.05) is 19.7 Å². The van der Waals surface area contributed by atoms with Crippen molar-refractivity contribution in [1.29, 1.82) is 5.26 Å². The fraction of sp³-hybridized carbons (Fsp3) is 0.846. The molecule has 0 bridgehead atoms. The van der Waals surface area contributed by atoms with Crippen LogP contribution in [0.2, 0.25) is 0 Å². The second-order valence-electron chi connectivity index (χ2n) is 4.98. The van der Waals surface area contributed by atoms with Gasteiger partial charge in [-0.25, -0.2) is 0 Å². The average molecular weight is 236 g/mol. The topological polar surface area (TPSA) is 53.3 Å². The summed E-state index contributed by atoms with van der Waals surface area (Å²) in [4.78, 5) is 13.8. The third kappa shape index (κ3) is 3.44. The highest BCUT2D eigenvalue weighted by atomic mass is 16.5. The second kappa shape index (κ2) is 6.02. The zero-order valence-electron chi connectivity index (χ0n) is 10.2. The van der Waals surface area contributed by atoms with Gasteiger partial charge in [-0.2, -0.15) is 5.26 Å². The maximum Gasteiger partial charge on any atom is 0.222 e. The number of amides is 1. The van der Waals surface area contributed by atoms with Gasteiger partial charge in [0.2, 0.25) is 5.91 Å². The van der Waals surface area contributed by atoms with E-state index in [1.807, 2.05) is 4.90 Å². The number of nitrogens with zero attached hydrogens (tertiary/aromatic N) is 2. The Bertz CT molecular complexity index is 305. The molecule has 0 spiro atoms. The summed E-state index contributed by atoms with van der Waals surface area (Å²) in [6.07, 6.45) is 5.81. The fourth-order valence-corrected chi connectivity index (χ4v) is 2.62. The van der Waals surface area contributed by atoms with Crippen LogP contribution in [0.1, 0.15) is 38.5 Å². The number of ether oxygens (including phenoxy) is 1. The van der Waals surface area contributed by atoms with Crippen molar-refractivity contribution in [1.82, 2.24) is 4.90 Å². The predicted molar refractivity (Wildman–Crippen MR) is 63.1 cm³/mol. The molecule has 94 valence electrons. The summed E-state index contributed by atoms with van der Waals surface area (Å²) in [5.74, 6) is 0.232. The standard InChI is InChI=1S/C13H20N2O2/c14-9-11-3-1-7-15(10-11)13(16)6-5-12-4-2-8-17-12/h11-12H,1-8,10H2. The summed E-state index contributed by atoms with van der Waals surface area (Å²) < 4.78 is 5.51. The number of piperidine rings is 1. The van der Waals surface area contributed by atoms with Crippen LogP contribution in [0.3, 0.4) is 0 Å². The number of rotatable bonds is 3. The Hall–Kier alpha value is -1.08. The summed E-state index contributed by atoms with van der Waals surface area (Å²) >= 11 is 0. The molecular formula is C13H20N2O2. The van der Waals surface area contributed by atoms with Crippen molar-refractivity contribution >= 4 is 5.91 Å². The lowest BCUT2D eigenvalue weighted by atomic mass is 9.99. The highest BCUT2D eigenvalue weighted by Gasteiger charge is 2.24. The Morgan fingerprint density at radius 2 is 2.29 bits per heavy atom. The maximum absolute atomic E-state index is 12.0. The lowest BCUT2D eigenvalue weighted by molar-refractivity contribution is -0.133. The van der Waals surface area contributed by atoms with Gasteiger partial charge in [0.15, 0.2) is 0 Å². The van der Waals surface area contributed by atoms with Crippen LogP contribution in [0.4, 0.5) is 0 Å². The normalized spacial score (nSPS) is 29.0. The van der Waals surface area contributed by atoms with E-state index < -0.39 is 0 Å². The molecule has 2 aliphatic rings. The quantitative estimate of drug-likeness (QED) is 0.749. The summed E-state index contributed by atoms with van der Waals surface area (Å²) in [5.41, 5.74) is 0. The smallest absolute Gasteiger partial charge is 0.222 e. The van der Waals surface area contributed by atoms with Crippen LogP contribution in [-0.2, 0) is 9.53 Å². The molecule has 2 fully saturated rings. The molecule has 2 aliphatic heterocycles. The second-order valence-corrected chi connectivity index (χ2v) is 4.98. The van der Waals surface area contributed by atoms with Gasteiger partial charge >= 0.3 is 0 Å². The van der Waals surface area contributed by atoms with E-state index >= 15 is 0 Å². The number of carbonyl (C=O) groups excluding carboxylic acids is 1. The van der Waals surface area contributed by atoms with Gasteiger partial charge in [0.25, 0.3) is 0 Å². The first-order valence-electron chi connectivity index (χ1n) is 6.58. The summed E-state index contributed by atoms with van der Waals surface area (Å²) in [7, 11) is 0. The molecule has 0 aromatic heterocycles. The van der Waals surface area contributed by atoms with Crippen molar-refractivity contribution in [2.45, 2.75) is 44.6 Å². The van der Waals surface area contributed by atoms with Gasteiger partial charge < -0.3 is 9.64 Å². The van der Waals surface area contributed by atoms with Crippen molar-refractivity contribution in [3.63, 3.8) is 0 Å².